The minimum absolute atomic E-state index is 0.962. The van der Waals surface area contributed by atoms with Gasteiger partial charge in [-0.3, -0.25) is 4.98 Å². The third-order valence-electron chi connectivity index (χ3n) is 5.26. The predicted octanol–water partition coefficient (Wildman–Crippen LogP) is 5.25. The van der Waals surface area contributed by atoms with Crippen molar-refractivity contribution in [2.45, 2.75) is 6.92 Å². The first-order valence-corrected chi connectivity index (χ1v) is 9.42. The number of fused-ring (bicyclic) bond motifs is 3. The molecular formula is C25H20N3+. The highest BCUT2D eigenvalue weighted by Gasteiger charge is 2.21. The maximum atomic E-state index is 5.16. The molecule has 5 rings (SSSR count). The van der Waals surface area contributed by atoms with Gasteiger partial charge < -0.3 is 0 Å². The maximum absolute atomic E-state index is 5.16. The quantitative estimate of drug-likeness (QED) is 0.317. The topological polar surface area (TPSA) is 29.7 Å². The Morgan fingerprint density at radius 1 is 0.786 bits per heavy atom. The molecule has 0 fully saturated rings. The third kappa shape index (κ3) is 2.64. The Balaban J connectivity index is 1.91. The van der Waals surface area contributed by atoms with Crippen LogP contribution in [0.3, 0.4) is 0 Å². The number of aromatic nitrogens is 3. The molecule has 134 valence electrons. The van der Waals surface area contributed by atoms with Crippen molar-refractivity contribution < 1.29 is 4.57 Å². The Labute approximate surface area is 164 Å². The summed E-state index contributed by atoms with van der Waals surface area (Å²) in [5, 5.41) is 3.44. The van der Waals surface area contributed by atoms with E-state index in [1.165, 1.54) is 10.9 Å². The molecular weight excluding hydrogens is 342 g/mol. The fourth-order valence-electron chi connectivity index (χ4n) is 3.84. The highest BCUT2D eigenvalue weighted by molar-refractivity contribution is 6.11. The Morgan fingerprint density at radius 3 is 2.39 bits per heavy atom. The molecule has 3 nitrogen and oxygen atoms in total. The number of aryl methyl sites for hydroxylation is 2. The van der Waals surface area contributed by atoms with E-state index in [1.807, 2.05) is 18.3 Å². The van der Waals surface area contributed by atoms with Crippen molar-refractivity contribution in [3.8, 4) is 22.6 Å². The van der Waals surface area contributed by atoms with Crippen molar-refractivity contribution >= 4 is 21.7 Å². The summed E-state index contributed by atoms with van der Waals surface area (Å²) in [6.07, 6.45) is 4.02. The molecule has 2 heterocycles. The van der Waals surface area contributed by atoms with Crippen LogP contribution in [0.15, 0.2) is 85.2 Å². The standard InChI is InChI=1S/C25H20N3/c1-17-9-3-5-11-19(17)25-27-24-20-12-6-4-10-18(20)15-21(22(24)16-28(25)2)23-13-7-8-14-26-23/h3-16H,1-2H3/q+1. The predicted molar refractivity (Wildman–Crippen MR) is 114 cm³/mol. The molecule has 0 spiro atoms. The van der Waals surface area contributed by atoms with E-state index in [4.69, 9.17) is 4.98 Å². The molecule has 0 amide bonds. The van der Waals surface area contributed by atoms with Crippen molar-refractivity contribution in [2.75, 3.05) is 0 Å². The SMILES string of the molecule is Cc1ccccc1-c1nc2c(c[n+]1C)c(-c1ccccn1)cc1ccccc12. The normalized spacial score (nSPS) is 11.2. The molecule has 0 aliphatic heterocycles. The van der Waals surface area contributed by atoms with Gasteiger partial charge in [-0.1, -0.05) is 42.5 Å². The van der Waals surface area contributed by atoms with Gasteiger partial charge in [0.25, 0.3) is 0 Å². The number of hydrogen-bond acceptors (Lipinski definition) is 2. The first-order valence-electron chi connectivity index (χ1n) is 9.42. The summed E-state index contributed by atoms with van der Waals surface area (Å²) >= 11 is 0. The molecule has 3 heteroatoms. The summed E-state index contributed by atoms with van der Waals surface area (Å²) in [4.78, 5) is 9.75. The van der Waals surface area contributed by atoms with E-state index < -0.39 is 0 Å². The smallest absolute Gasteiger partial charge is 0.256 e. The van der Waals surface area contributed by atoms with E-state index in [9.17, 15) is 0 Å². The lowest BCUT2D eigenvalue weighted by atomic mass is 9.99. The molecule has 0 unspecified atom stereocenters. The van der Waals surface area contributed by atoms with Gasteiger partial charge in [-0.25, -0.2) is 4.57 Å². The van der Waals surface area contributed by atoms with Crippen LogP contribution >= 0.6 is 0 Å². The first kappa shape index (κ1) is 16.6. The van der Waals surface area contributed by atoms with Crippen molar-refractivity contribution in [2.24, 2.45) is 7.05 Å². The van der Waals surface area contributed by atoms with Crippen LogP contribution in [0.25, 0.3) is 44.3 Å². The summed E-state index contributed by atoms with van der Waals surface area (Å²) in [5.74, 6) is 0.967. The van der Waals surface area contributed by atoms with Crippen molar-refractivity contribution in [1.29, 1.82) is 0 Å². The van der Waals surface area contributed by atoms with Crippen LogP contribution in [0.2, 0.25) is 0 Å². The van der Waals surface area contributed by atoms with Crippen LogP contribution in [-0.2, 0) is 7.05 Å². The lowest BCUT2D eigenvalue weighted by Gasteiger charge is -2.09. The summed E-state index contributed by atoms with van der Waals surface area (Å²) in [7, 11) is 2.06. The highest BCUT2D eigenvalue weighted by atomic mass is 15.0. The fraction of sp³-hybridized carbons (Fsp3) is 0.0800. The molecule has 0 atom stereocenters. The van der Waals surface area contributed by atoms with Crippen LogP contribution in [-0.4, -0.2) is 9.97 Å². The van der Waals surface area contributed by atoms with Gasteiger partial charge in [0.1, 0.15) is 6.20 Å². The monoisotopic (exact) mass is 362 g/mol. The van der Waals surface area contributed by atoms with Crippen LogP contribution in [0.1, 0.15) is 5.56 Å². The minimum Gasteiger partial charge on any atom is -0.256 e. The molecule has 0 saturated carbocycles. The van der Waals surface area contributed by atoms with Gasteiger partial charge in [0.2, 0.25) is 0 Å². The Kier molecular flexibility index (Phi) is 3.87. The van der Waals surface area contributed by atoms with E-state index in [1.54, 1.807) is 0 Å². The average Bonchev–Trinajstić information content (AvgIpc) is 2.74. The van der Waals surface area contributed by atoms with Crippen molar-refractivity contribution in [3.05, 3.63) is 90.8 Å². The zero-order valence-corrected chi connectivity index (χ0v) is 15.9. The molecule has 2 aromatic heterocycles. The van der Waals surface area contributed by atoms with Gasteiger partial charge in [-0.15, -0.1) is 0 Å². The van der Waals surface area contributed by atoms with E-state index in [-0.39, 0.29) is 0 Å². The average molecular weight is 362 g/mol. The number of pyridine rings is 1. The second kappa shape index (κ2) is 6.54. The lowest BCUT2D eigenvalue weighted by molar-refractivity contribution is -0.661. The van der Waals surface area contributed by atoms with Crippen LogP contribution < -0.4 is 4.57 Å². The molecule has 0 saturated heterocycles. The molecule has 0 radical (unpaired) electrons. The van der Waals surface area contributed by atoms with Crippen LogP contribution in [0, 0.1) is 6.92 Å². The highest BCUT2D eigenvalue weighted by Crippen LogP contribution is 2.33. The largest absolute Gasteiger partial charge is 0.331 e. The maximum Gasteiger partial charge on any atom is 0.331 e. The van der Waals surface area contributed by atoms with Crippen molar-refractivity contribution in [1.82, 2.24) is 9.97 Å². The Morgan fingerprint density at radius 2 is 1.57 bits per heavy atom. The number of hydrogen-bond donors (Lipinski definition) is 0. The summed E-state index contributed by atoms with van der Waals surface area (Å²) < 4.78 is 2.12. The van der Waals surface area contributed by atoms with E-state index >= 15 is 0 Å². The molecule has 28 heavy (non-hydrogen) atoms. The number of rotatable bonds is 2. The van der Waals surface area contributed by atoms with Gasteiger partial charge in [0, 0.05) is 17.1 Å². The van der Waals surface area contributed by atoms with Gasteiger partial charge in [-0.2, -0.15) is 0 Å². The second-order valence-electron chi connectivity index (χ2n) is 7.11. The number of benzene rings is 3. The minimum atomic E-state index is 0.962. The molecule has 5 aromatic rings. The lowest BCUT2D eigenvalue weighted by Crippen LogP contribution is -2.32. The van der Waals surface area contributed by atoms with Gasteiger partial charge in [0.15, 0.2) is 5.52 Å². The van der Waals surface area contributed by atoms with Crippen LogP contribution in [0.4, 0.5) is 0 Å². The van der Waals surface area contributed by atoms with E-state index in [0.29, 0.717) is 0 Å². The summed E-state index contributed by atoms with van der Waals surface area (Å²) in [6, 6.07) is 25.1. The van der Waals surface area contributed by atoms with Gasteiger partial charge in [-0.05, 0) is 53.2 Å². The van der Waals surface area contributed by atoms with Gasteiger partial charge in [0.05, 0.1) is 23.7 Å². The second-order valence-corrected chi connectivity index (χ2v) is 7.11. The Hall–Kier alpha value is -3.59. The zero-order valence-electron chi connectivity index (χ0n) is 15.9. The first-order chi connectivity index (χ1) is 13.7. The van der Waals surface area contributed by atoms with E-state index in [2.05, 4.69) is 90.4 Å². The summed E-state index contributed by atoms with van der Waals surface area (Å²) in [6.45, 7) is 2.13. The number of nitrogens with zero attached hydrogens (tertiary/aromatic N) is 3. The van der Waals surface area contributed by atoms with Crippen molar-refractivity contribution in [3.63, 3.8) is 0 Å². The van der Waals surface area contributed by atoms with E-state index in [0.717, 1.165) is 38.9 Å². The van der Waals surface area contributed by atoms with Gasteiger partial charge >= 0.3 is 5.82 Å². The summed E-state index contributed by atoms with van der Waals surface area (Å²) in [5.41, 5.74) is 5.45. The zero-order chi connectivity index (χ0) is 19.1. The Bertz CT molecular complexity index is 1320. The fourth-order valence-corrected chi connectivity index (χ4v) is 3.84. The molecule has 0 aliphatic carbocycles. The molecule has 0 N–H and O–H groups in total. The molecule has 0 aliphatic rings. The van der Waals surface area contributed by atoms with Crippen LogP contribution in [0.5, 0.6) is 0 Å². The third-order valence-corrected chi connectivity index (χ3v) is 5.26. The molecule has 0 bridgehead atoms. The molecule has 3 aromatic carbocycles.